The molecule has 7 heteroatoms. The van der Waals surface area contributed by atoms with Crippen molar-refractivity contribution >= 4 is 22.5 Å². The van der Waals surface area contributed by atoms with Gasteiger partial charge < -0.3 is 15.1 Å². The average molecular weight is 378 g/mol. The monoisotopic (exact) mass is 378 g/mol. The summed E-state index contributed by atoms with van der Waals surface area (Å²) in [6.45, 7) is 5.37. The van der Waals surface area contributed by atoms with E-state index in [0.29, 0.717) is 22.5 Å². The Bertz CT molecular complexity index is 1100. The number of rotatable bonds is 3. The lowest BCUT2D eigenvalue weighted by atomic mass is 9.95. The number of hydrogen-bond acceptors (Lipinski definition) is 6. The minimum atomic E-state index is -0.603. The molecule has 0 saturated carbocycles. The molecule has 0 radical (unpaired) electrons. The van der Waals surface area contributed by atoms with E-state index >= 15 is 0 Å². The summed E-state index contributed by atoms with van der Waals surface area (Å²) in [7, 11) is 0. The van der Waals surface area contributed by atoms with Gasteiger partial charge >= 0.3 is 5.63 Å². The molecule has 3 heterocycles. The van der Waals surface area contributed by atoms with E-state index in [2.05, 4.69) is 20.8 Å². The summed E-state index contributed by atoms with van der Waals surface area (Å²) in [5, 5.41) is 15.1. The van der Waals surface area contributed by atoms with Gasteiger partial charge in [0.15, 0.2) is 0 Å². The molecule has 2 N–H and O–H groups in total. The fraction of sp³-hybridized carbons (Fsp3) is 0.333. The van der Waals surface area contributed by atoms with Crippen molar-refractivity contribution in [3.63, 3.8) is 0 Å². The third-order valence-electron chi connectivity index (χ3n) is 5.09. The normalized spacial score (nSPS) is 16.9. The van der Waals surface area contributed by atoms with E-state index in [9.17, 15) is 9.59 Å². The molecule has 0 aliphatic carbocycles. The highest BCUT2D eigenvalue weighted by atomic mass is 16.4. The summed E-state index contributed by atoms with van der Waals surface area (Å²) >= 11 is 0. The van der Waals surface area contributed by atoms with Crippen molar-refractivity contribution in [3.8, 4) is 0 Å². The molecule has 1 saturated heterocycles. The predicted octanol–water partition coefficient (Wildman–Crippen LogP) is 2.92. The van der Waals surface area contributed by atoms with Gasteiger partial charge in [0, 0.05) is 17.8 Å². The standard InChI is InChI=1S/C21H22N4O3/c1-12-9-18(14-5-4-8-22-11-14)28-21(27)19(12)20(26)23-16-6-3-7-17-15(16)10-13(2)24-25-17/h3,6-7,9-10,14,22H,4-5,8,11H2,1-2H3,(H,23,26). The van der Waals surface area contributed by atoms with Crippen LogP contribution in [0.1, 0.15) is 46.1 Å². The Morgan fingerprint density at radius 2 is 2.11 bits per heavy atom. The van der Waals surface area contributed by atoms with Crippen LogP contribution in [0, 0.1) is 13.8 Å². The lowest BCUT2D eigenvalue weighted by Gasteiger charge is -2.22. The number of hydrogen-bond donors (Lipinski definition) is 2. The van der Waals surface area contributed by atoms with Crippen molar-refractivity contribution in [3.05, 3.63) is 63.3 Å². The van der Waals surface area contributed by atoms with Gasteiger partial charge in [-0.15, -0.1) is 0 Å². The number of nitrogens with one attached hydrogen (secondary N) is 2. The zero-order valence-corrected chi connectivity index (χ0v) is 15.9. The number of anilines is 1. The summed E-state index contributed by atoms with van der Waals surface area (Å²) in [6, 6.07) is 9.06. The molecule has 3 aromatic rings. The molecule has 144 valence electrons. The number of aryl methyl sites for hydroxylation is 2. The van der Waals surface area contributed by atoms with E-state index in [1.807, 2.05) is 25.1 Å². The Balaban J connectivity index is 1.65. The van der Waals surface area contributed by atoms with E-state index < -0.39 is 11.5 Å². The molecule has 1 fully saturated rings. The topological polar surface area (TPSA) is 97.1 Å². The first-order chi connectivity index (χ1) is 13.5. The van der Waals surface area contributed by atoms with Gasteiger partial charge in [0.1, 0.15) is 11.3 Å². The molecule has 1 amide bonds. The fourth-order valence-electron chi connectivity index (χ4n) is 3.66. The number of carbonyl (C=O) groups excluding carboxylic acids is 1. The van der Waals surface area contributed by atoms with Gasteiger partial charge in [-0.3, -0.25) is 4.79 Å². The number of nitrogens with zero attached hydrogens (tertiary/aromatic N) is 2. The second-order valence-electron chi connectivity index (χ2n) is 7.22. The first-order valence-corrected chi connectivity index (χ1v) is 9.42. The molecule has 0 spiro atoms. The van der Waals surface area contributed by atoms with Crippen molar-refractivity contribution in [1.29, 1.82) is 0 Å². The Morgan fingerprint density at radius 1 is 1.25 bits per heavy atom. The maximum atomic E-state index is 12.9. The third-order valence-corrected chi connectivity index (χ3v) is 5.09. The summed E-state index contributed by atoms with van der Waals surface area (Å²) in [4.78, 5) is 25.4. The van der Waals surface area contributed by atoms with Crippen molar-refractivity contribution < 1.29 is 9.21 Å². The van der Waals surface area contributed by atoms with E-state index in [-0.39, 0.29) is 11.5 Å². The van der Waals surface area contributed by atoms with E-state index in [1.54, 1.807) is 19.1 Å². The first-order valence-electron chi connectivity index (χ1n) is 9.42. The number of piperidine rings is 1. The Morgan fingerprint density at radius 3 is 2.86 bits per heavy atom. The third kappa shape index (κ3) is 3.53. The number of benzene rings is 1. The van der Waals surface area contributed by atoms with Crippen molar-refractivity contribution in [2.75, 3.05) is 18.4 Å². The fourth-order valence-corrected chi connectivity index (χ4v) is 3.66. The average Bonchev–Trinajstić information content (AvgIpc) is 2.68. The van der Waals surface area contributed by atoms with Crippen LogP contribution in [0.15, 0.2) is 39.5 Å². The lowest BCUT2D eigenvalue weighted by Crippen LogP contribution is -2.30. The van der Waals surface area contributed by atoms with Crippen LogP contribution in [-0.4, -0.2) is 29.2 Å². The lowest BCUT2D eigenvalue weighted by molar-refractivity contribution is 0.102. The molecule has 1 unspecified atom stereocenters. The molecule has 2 aromatic heterocycles. The van der Waals surface area contributed by atoms with Gasteiger partial charge in [-0.1, -0.05) is 6.07 Å². The van der Waals surface area contributed by atoms with Gasteiger partial charge in [0.25, 0.3) is 5.91 Å². The summed E-state index contributed by atoms with van der Waals surface area (Å²) < 4.78 is 5.52. The number of fused-ring (bicyclic) bond motifs is 1. The quantitative estimate of drug-likeness (QED) is 0.727. The van der Waals surface area contributed by atoms with Gasteiger partial charge in [-0.05, 0) is 63.1 Å². The van der Waals surface area contributed by atoms with Gasteiger partial charge in [0.2, 0.25) is 0 Å². The molecule has 1 aliphatic rings. The van der Waals surface area contributed by atoms with E-state index in [0.717, 1.165) is 37.0 Å². The molecular formula is C21H22N4O3. The summed E-state index contributed by atoms with van der Waals surface area (Å²) in [6.07, 6.45) is 2.01. The minimum Gasteiger partial charge on any atom is -0.427 e. The Kier molecular flexibility index (Phi) is 4.92. The van der Waals surface area contributed by atoms with Gasteiger partial charge in [-0.25, -0.2) is 4.79 Å². The van der Waals surface area contributed by atoms with Crippen LogP contribution < -0.4 is 16.3 Å². The van der Waals surface area contributed by atoms with Crippen molar-refractivity contribution in [2.45, 2.75) is 32.6 Å². The van der Waals surface area contributed by atoms with Crippen LogP contribution in [-0.2, 0) is 0 Å². The van der Waals surface area contributed by atoms with E-state index in [4.69, 9.17) is 4.42 Å². The highest BCUT2D eigenvalue weighted by Gasteiger charge is 2.23. The van der Waals surface area contributed by atoms with Gasteiger partial charge in [0.05, 0.1) is 16.9 Å². The molecule has 0 bridgehead atoms. The number of aromatic nitrogens is 2. The second-order valence-corrected chi connectivity index (χ2v) is 7.22. The predicted molar refractivity (Wildman–Crippen MR) is 107 cm³/mol. The van der Waals surface area contributed by atoms with Crippen molar-refractivity contribution in [1.82, 2.24) is 15.5 Å². The largest absolute Gasteiger partial charge is 0.427 e. The number of amides is 1. The smallest absolute Gasteiger partial charge is 0.349 e. The minimum absolute atomic E-state index is 0.0308. The molecular weight excluding hydrogens is 356 g/mol. The highest BCUT2D eigenvalue weighted by Crippen LogP contribution is 2.25. The maximum Gasteiger partial charge on any atom is 0.349 e. The molecule has 1 atom stereocenters. The molecule has 1 aromatic carbocycles. The SMILES string of the molecule is Cc1cc2c(NC(=O)c3c(C)cc(C4CCCNC4)oc3=O)cccc2nn1. The van der Waals surface area contributed by atoms with Crippen LogP contribution in [0.25, 0.3) is 10.9 Å². The van der Waals surface area contributed by atoms with Crippen LogP contribution >= 0.6 is 0 Å². The van der Waals surface area contributed by atoms with Crippen LogP contribution in [0.5, 0.6) is 0 Å². The molecule has 7 nitrogen and oxygen atoms in total. The Hall–Kier alpha value is -3.06. The second kappa shape index (κ2) is 7.52. The van der Waals surface area contributed by atoms with E-state index in [1.165, 1.54) is 0 Å². The molecule has 1 aliphatic heterocycles. The molecule has 28 heavy (non-hydrogen) atoms. The molecule has 4 rings (SSSR count). The maximum absolute atomic E-state index is 12.9. The van der Waals surface area contributed by atoms with Gasteiger partial charge in [-0.2, -0.15) is 10.2 Å². The van der Waals surface area contributed by atoms with Crippen LogP contribution in [0.3, 0.4) is 0 Å². The van der Waals surface area contributed by atoms with Crippen LogP contribution in [0.4, 0.5) is 5.69 Å². The van der Waals surface area contributed by atoms with Crippen molar-refractivity contribution in [2.24, 2.45) is 0 Å². The first kappa shape index (κ1) is 18.3. The summed E-state index contributed by atoms with van der Waals surface area (Å²) in [5.41, 5.74) is 2.05. The van der Waals surface area contributed by atoms with Crippen LogP contribution in [0.2, 0.25) is 0 Å². The number of carbonyl (C=O) groups is 1. The highest BCUT2D eigenvalue weighted by molar-refractivity contribution is 6.09. The Labute approximate surface area is 162 Å². The zero-order chi connectivity index (χ0) is 19.7. The zero-order valence-electron chi connectivity index (χ0n) is 15.9. The summed E-state index contributed by atoms with van der Waals surface area (Å²) in [5.74, 6) is 0.320.